The first-order chi connectivity index (χ1) is 13.3. The van der Waals surface area contributed by atoms with E-state index in [1.54, 1.807) is 0 Å². The van der Waals surface area contributed by atoms with Gasteiger partial charge >= 0.3 is 0 Å². The van der Waals surface area contributed by atoms with Crippen molar-refractivity contribution in [2.75, 3.05) is 0 Å². The Bertz CT molecular complexity index is 843. The number of hydrogen-bond donors (Lipinski definition) is 0. The second-order valence-corrected chi connectivity index (χ2v) is 11.3. The Morgan fingerprint density at radius 1 is 0.741 bits per heavy atom. The summed E-state index contributed by atoms with van der Waals surface area (Å²) < 4.78 is 15.0. The third-order valence-electron chi connectivity index (χ3n) is 7.07. The smallest absolute Gasteiger partial charge is 0.146 e. The molecule has 2 bridgehead atoms. The maximum atomic E-state index is 15.0. The fourth-order valence-corrected chi connectivity index (χ4v) is 10.1. The molecule has 2 aromatic rings. The monoisotopic (exact) mass is 374 g/mol. The van der Waals surface area contributed by atoms with E-state index < -0.39 is 7.14 Å². The van der Waals surface area contributed by atoms with Crippen LogP contribution in [0.5, 0.6) is 0 Å². The van der Waals surface area contributed by atoms with Crippen LogP contribution >= 0.6 is 7.14 Å². The Hall–Kier alpha value is -1.85. The summed E-state index contributed by atoms with van der Waals surface area (Å²) in [4.78, 5) is 0. The standard InChI is InChI=1S/C25H27OP/c26-27(22-12-6-2-7-13-22,23-14-8-3-9-15-23)25-21-17-16-20(18-21)24(25)19-10-4-1-5-11-19/h2-15,19-21,24-25H,1,16-18H2/t20-,21+,24?,25?/m0/s1. The molecule has 0 aliphatic heterocycles. The Morgan fingerprint density at radius 2 is 1.30 bits per heavy atom. The van der Waals surface area contributed by atoms with Crippen LogP contribution in [-0.4, -0.2) is 5.66 Å². The molecule has 1 nitrogen and oxygen atoms in total. The first kappa shape index (κ1) is 17.3. The van der Waals surface area contributed by atoms with Crippen LogP contribution in [0, 0.1) is 23.7 Å². The summed E-state index contributed by atoms with van der Waals surface area (Å²) in [6.45, 7) is 0. The van der Waals surface area contributed by atoms with Crippen molar-refractivity contribution < 1.29 is 4.57 Å². The van der Waals surface area contributed by atoms with Crippen LogP contribution in [0.25, 0.3) is 0 Å². The molecule has 0 aromatic heterocycles. The van der Waals surface area contributed by atoms with Gasteiger partial charge in [0.15, 0.2) is 0 Å². The average Bonchev–Trinajstić information content (AvgIpc) is 3.37. The van der Waals surface area contributed by atoms with Gasteiger partial charge < -0.3 is 4.57 Å². The molecule has 3 aliphatic carbocycles. The van der Waals surface area contributed by atoms with Gasteiger partial charge in [-0.15, -0.1) is 0 Å². The summed E-state index contributed by atoms with van der Waals surface area (Å²) in [7, 11) is -2.70. The van der Waals surface area contributed by atoms with Gasteiger partial charge in [0.05, 0.1) is 0 Å². The third kappa shape index (κ3) is 2.79. The molecule has 4 atom stereocenters. The molecule has 2 unspecified atom stereocenters. The molecule has 2 aromatic carbocycles. The van der Waals surface area contributed by atoms with E-state index in [-0.39, 0.29) is 5.66 Å². The molecule has 0 heterocycles. The Kier molecular flexibility index (Phi) is 4.44. The highest BCUT2D eigenvalue weighted by molar-refractivity contribution is 7.79. The topological polar surface area (TPSA) is 17.1 Å². The van der Waals surface area contributed by atoms with E-state index in [9.17, 15) is 0 Å². The van der Waals surface area contributed by atoms with Gasteiger partial charge in [0.1, 0.15) is 7.14 Å². The molecule has 2 heteroatoms. The van der Waals surface area contributed by atoms with E-state index in [0.717, 1.165) is 22.9 Å². The van der Waals surface area contributed by atoms with Gasteiger partial charge in [0.25, 0.3) is 0 Å². The maximum absolute atomic E-state index is 15.0. The van der Waals surface area contributed by atoms with E-state index >= 15 is 4.57 Å². The maximum Gasteiger partial charge on any atom is 0.146 e. The van der Waals surface area contributed by atoms with Crippen molar-refractivity contribution in [1.82, 2.24) is 0 Å². The van der Waals surface area contributed by atoms with Gasteiger partial charge in [-0.05, 0) is 49.4 Å². The number of fused-ring (bicyclic) bond motifs is 2. The minimum atomic E-state index is -2.70. The SMILES string of the molecule is O=P(c1ccccc1)(c1ccccc1)C1C(C2C=CCC=C2)[C@H]2CC[C@@H]1C2. The van der Waals surface area contributed by atoms with Crippen molar-refractivity contribution in [3.8, 4) is 0 Å². The summed E-state index contributed by atoms with van der Waals surface area (Å²) >= 11 is 0. The molecule has 138 valence electrons. The fraction of sp³-hybridized carbons (Fsp3) is 0.360. The molecule has 2 saturated carbocycles. The molecule has 0 spiro atoms. The van der Waals surface area contributed by atoms with Gasteiger partial charge in [0.2, 0.25) is 0 Å². The van der Waals surface area contributed by atoms with E-state index in [2.05, 4.69) is 48.6 Å². The van der Waals surface area contributed by atoms with E-state index in [4.69, 9.17) is 0 Å². The zero-order valence-corrected chi connectivity index (χ0v) is 16.5. The predicted molar refractivity (Wildman–Crippen MR) is 114 cm³/mol. The van der Waals surface area contributed by atoms with Gasteiger partial charge in [-0.25, -0.2) is 0 Å². The number of hydrogen-bond acceptors (Lipinski definition) is 1. The highest BCUT2D eigenvalue weighted by Crippen LogP contribution is 2.66. The van der Waals surface area contributed by atoms with Crippen molar-refractivity contribution in [2.24, 2.45) is 23.7 Å². The normalized spacial score (nSPS) is 30.1. The molecular formula is C25H27OP. The molecule has 27 heavy (non-hydrogen) atoms. The van der Waals surface area contributed by atoms with Crippen molar-refractivity contribution in [3.05, 3.63) is 85.0 Å². The summed E-state index contributed by atoms with van der Waals surface area (Å²) in [5.74, 6) is 2.26. The van der Waals surface area contributed by atoms with Crippen molar-refractivity contribution in [2.45, 2.75) is 31.3 Å². The lowest BCUT2D eigenvalue weighted by molar-refractivity contribution is 0.294. The summed E-state index contributed by atoms with van der Waals surface area (Å²) in [6, 6.07) is 20.7. The number of benzene rings is 2. The lowest BCUT2D eigenvalue weighted by atomic mass is 9.77. The lowest BCUT2D eigenvalue weighted by Gasteiger charge is -2.40. The molecule has 3 aliphatic rings. The molecule has 0 saturated heterocycles. The number of allylic oxidation sites excluding steroid dienone is 4. The molecule has 5 rings (SSSR count). The molecular weight excluding hydrogens is 347 g/mol. The van der Waals surface area contributed by atoms with Crippen molar-refractivity contribution in [3.63, 3.8) is 0 Å². The summed E-state index contributed by atoms with van der Waals surface area (Å²) in [5.41, 5.74) is 0.262. The summed E-state index contributed by atoms with van der Waals surface area (Å²) in [6.07, 6.45) is 14.2. The van der Waals surface area contributed by atoms with Gasteiger partial charge in [-0.3, -0.25) is 0 Å². The van der Waals surface area contributed by atoms with Crippen molar-refractivity contribution in [1.29, 1.82) is 0 Å². The molecule has 0 N–H and O–H groups in total. The second kappa shape index (κ2) is 6.95. The molecule has 2 fully saturated rings. The number of rotatable bonds is 4. The highest BCUT2D eigenvalue weighted by Gasteiger charge is 2.57. The van der Waals surface area contributed by atoms with Crippen LogP contribution in [0.4, 0.5) is 0 Å². The zero-order chi connectivity index (χ0) is 18.3. The Balaban J connectivity index is 1.67. The van der Waals surface area contributed by atoms with E-state index in [1.807, 2.05) is 36.4 Å². The minimum Gasteiger partial charge on any atom is -0.313 e. The highest BCUT2D eigenvalue weighted by atomic mass is 31.2. The second-order valence-electron chi connectivity index (χ2n) is 8.40. The molecule has 0 amide bonds. The van der Waals surface area contributed by atoms with Gasteiger partial charge in [-0.1, -0.05) is 85.0 Å². The quantitative estimate of drug-likeness (QED) is 0.507. The third-order valence-corrected chi connectivity index (χ3v) is 10.8. The molecule has 0 radical (unpaired) electrons. The van der Waals surface area contributed by atoms with Crippen molar-refractivity contribution >= 4 is 17.8 Å². The largest absolute Gasteiger partial charge is 0.313 e. The Labute approximate surface area is 162 Å². The van der Waals surface area contributed by atoms with Gasteiger partial charge in [-0.2, -0.15) is 0 Å². The lowest BCUT2D eigenvalue weighted by Crippen LogP contribution is -2.38. The van der Waals surface area contributed by atoms with Gasteiger partial charge in [0, 0.05) is 16.3 Å². The van der Waals surface area contributed by atoms with Crippen LogP contribution in [0.15, 0.2) is 85.0 Å². The zero-order valence-electron chi connectivity index (χ0n) is 15.7. The minimum absolute atomic E-state index is 0.262. The fourth-order valence-electron chi connectivity index (χ4n) is 6.05. The summed E-state index contributed by atoms with van der Waals surface area (Å²) in [5, 5.41) is 2.09. The van der Waals surface area contributed by atoms with Crippen LogP contribution < -0.4 is 10.6 Å². The Morgan fingerprint density at radius 3 is 1.89 bits per heavy atom. The predicted octanol–water partition coefficient (Wildman–Crippen LogP) is 5.55. The van der Waals surface area contributed by atoms with E-state index in [1.165, 1.54) is 19.3 Å². The van der Waals surface area contributed by atoms with E-state index in [0.29, 0.717) is 17.8 Å². The first-order valence-electron chi connectivity index (χ1n) is 10.3. The first-order valence-corrected chi connectivity index (χ1v) is 12.1. The van der Waals surface area contributed by atoms with Crippen LogP contribution in [0.2, 0.25) is 0 Å². The van der Waals surface area contributed by atoms with Crippen LogP contribution in [0.3, 0.4) is 0 Å². The van der Waals surface area contributed by atoms with Crippen LogP contribution in [-0.2, 0) is 4.57 Å². The average molecular weight is 374 g/mol. The van der Waals surface area contributed by atoms with Crippen LogP contribution in [0.1, 0.15) is 25.7 Å².